The number of primary amides is 1. The zero-order valence-corrected chi connectivity index (χ0v) is 21.1. The van der Waals surface area contributed by atoms with Gasteiger partial charge in [-0.3, -0.25) is 4.79 Å². The molecule has 13 heteroatoms. The number of rotatable bonds is 16. The zero-order chi connectivity index (χ0) is 26.9. The second-order valence-electron chi connectivity index (χ2n) is 9.03. The van der Waals surface area contributed by atoms with Gasteiger partial charge in [-0.05, 0) is 18.9 Å². The third-order valence-corrected chi connectivity index (χ3v) is 5.93. The molecule has 4 rings (SSSR count). The molecule has 38 heavy (non-hydrogen) atoms. The average molecular weight is 529 g/mol. The van der Waals surface area contributed by atoms with E-state index in [0.29, 0.717) is 62.4 Å². The predicted octanol–water partition coefficient (Wildman–Crippen LogP) is 1.24. The number of ether oxygens (including phenoxy) is 3. The second kappa shape index (κ2) is 13.4. The number of carbonyl (C=O) groups is 1. The number of alkyl halides is 1. The molecule has 1 unspecified atom stereocenters. The highest BCUT2D eigenvalue weighted by Crippen LogP contribution is 2.37. The summed E-state index contributed by atoms with van der Waals surface area (Å²) in [7, 11) is 0. The average Bonchev–Trinajstić information content (AvgIpc) is 3.65. The zero-order valence-electron chi connectivity index (χ0n) is 21.1. The Morgan fingerprint density at radius 1 is 1.16 bits per heavy atom. The molecule has 1 atom stereocenters. The summed E-state index contributed by atoms with van der Waals surface area (Å²) in [6, 6.07) is 5.81. The fourth-order valence-corrected chi connectivity index (χ4v) is 4.01. The largest absolute Gasteiger partial charge is 0.382 e. The first-order valence-corrected chi connectivity index (χ1v) is 12.6. The molecular weight excluding hydrogens is 495 g/mol. The standard InChI is InChI=1S/C25H33FN8O4/c26-19(16-38-8-7-37-6-5-36-4-3-27)15-33-14-18-9-17(11-28)12-31-25(18)34(33)23-10-22(32-20-1-2-20)21(13-30-23)24(29)35/h9-10,12-13,19-20H,1-8,14-16,27H2,(H2,29,35)(H,30,32). The fraction of sp³-hybridized carbons (Fsp3) is 0.520. The third kappa shape index (κ3) is 7.33. The van der Waals surface area contributed by atoms with Crippen molar-refractivity contribution in [3.8, 4) is 6.07 Å². The van der Waals surface area contributed by atoms with Crippen molar-refractivity contribution in [2.45, 2.75) is 31.6 Å². The van der Waals surface area contributed by atoms with Crippen molar-refractivity contribution in [2.24, 2.45) is 11.5 Å². The molecule has 0 saturated heterocycles. The number of hydrazine groups is 1. The van der Waals surface area contributed by atoms with E-state index in [1.54, 1.807) is 22.2 Å². The molecule has 2 aliphatic rings. The van der Waals surface area contributed by atoms with Crippen LogP contribution in [0.25, 0.3) is 0 Å². The predicted molar refractivity (Wildman–Crippen MR) is 137 cm³/mol. The Hall–Kier alpha value is -3.41. The number of halogens is 1. The Morgan fingerprint density at radius 3 is 2.58 bits per heavy atom. The van der Waals surface area contributed by atoms with Crippen molar-refractivity contribution in [1.29, 1.82) is 5.26 Å². The molecule has 1 aliphatic carbocycles. The number of anilines is 3. The van der Waals surface area contributed by atoms with E-state index in [-0.39, 0.29) is 31.4 Å². The van der Waals surface area contributed by atoms with Crippen LogP contribution in [0.2, 0.25) is 0 Å². The van der Waals surface area contributed by atoms with Crippen molar-refractivity contribution in [2.75, 3.05) is 63.1 Å². The normalized spacial score (nSPS) is 15.8. The van der Waals surface area contributed by atoms with Crippen LogP contribution in [0.15, 0.2) is 24.5 Å². The summed E-state index contributed by atoms with van der Waals surface area (Å²) in [5.74, 6) is 0.405. The number of nitrogens with two attached hydrogens (primary N) is 2. The van der Waals surface area contributed by atoms with Crippen LogP contribution in [0.5, 0.6) is 0 Å². The van der Waals surface area contributed by atoms with Crippen molar-refractivity contribution in [1.82, 2.24) is 15.0 Å². The summed E-state index contributed by atoms with van der Waals surface area (Å²) >= 11 is 0. The van der Waals surface area contributed by atoms with Crippen molar-refractivity contribution in [3.05, 3.63) is 41.2 Å². The second-order valence-corrected chi connectivity index (χ2v) is 9.03. The van der Waals surface area contributed by atoms with E-state index in [1.807, 2.05) is 0 Å². The Bertz CT molecular complexity index is 1140. The van der Waals surface area contributed by atoms with Gasteiger partial charge in [-0.15, -0.1) is 0 Å². The highest BCUT2D eigenvalue weighted by Gasteiger charge is 2.34. The van der Waals surface area contributed by atoms with Gasteiger partial charge in [-0.25, -0.2) is 24.4 Å². The van der Waals surface area contributed by atoms with Crippen LogP contribution in [-0.2, 0) is 20.8 Å². The monoisotopic (exact) mass is 528 g/mol. The summed E-state index contributed by atoms with van der Waals surface area (Å²) in [5.41, 5.74) is 12.9. The minimum absolute atomic E-state index is 0.00330. The number of nitrogens with zero attached hydrogens (tertiary/aromatic N) is 5. The van der Waals surface area contributed by atoms with Gasteiger partial charge in [0, 0.05) is 43.2 Å². The van der Waals surface area contributed by atoms with E-state index in [2.05, 4.69) is 21.4 Å². The van der Waals surface area contributed by atoms with Gasteiger partial charge in [0.05, 0.1) is 63.0 Å². The van der Waals surface area contributed by atoms with E-state index in [1.165, 1.54) is 12.4 Å². The highest BCUT2D eigenvalue weighted by atomic mass is 19.1. The van der Waals surface area contributed by atoms with Crippen LogP contribution in [0.4, 0.5) is 21.7 Å². The van der Waals surface area contributed by atoms with E-state index in [9.17, 15) is 10.1 Å². The Kier molecular flexibility index (Phi) is 9.74. The number of hydrogen-bond acceptors (Lipinski definition) is 11. The van der Waals surface area contributed by atoms with Crippen LogP contribution in [0.1, 0.15) is 34.3 Å². The number of carbonyl (C=O) groups excluding carboxylic acids is 1. The molecule has 0 radical (unpaired) electrons. The number of nitriles is 1. The third-order valence-electron chi connectivity index (χ3n) is 5.93. The molecule has 0 spiro atoms. The van der Waals surface area contributed by atoms with Crippen molar-refractivity contribution in [3.63, 3.8) is 0 Å². The van der Waals surface area contributed by atoms with E-state index >= 15 is 4.39 Å². The summed E-state index contributed by atoms with van der Waals surface area (Å²) in [6.45, 7) is 2.59. The lowest BCUT2D eigenvalue weighted by Crippen LogP contribution is -2.40. The van der Waals surface area contributed by atoms with Gasteiger partial charge in [0.15, 0.2) is 11.6 Å². The summed E-state index contributed by atoms with van der Waals surface area (Å²) in [4.78, 5) is 20.8. The molecule has 1 amide bonds. The molecule has 2 aromatic rings. The van der Waals surface area contributed by atoms with Gasteiger partial charge in [0.2, 0.25) is 0 Å². The van der Waals surface area contributed by atoms with Gasteiger partial charge in [0.1, 0.15) is 12.2 Å². The first kappa shape index (κ1) is 27.6. The lowest BCUT2D eigenvalue weighted by molar-refractivity contribution is 0.000666. The lowest BCUT2D eigenvalue weighted by atomic mass is 10.2. The van der Waals surface area contributed by atoms with Crippen LogP contribution in [0.3, 0.4) is 0 Å². The smallest absolute Gasteiger partial charge is 0.252 e. The first-order valence-electron chi connectivity index (χ1n) is 12.6. The first-order chi connectivity index (χ1) is 18.5. The molecule has 2 aromatic heterocycles. The van der Waals surface area contributed by atoms with Crippen LogP contribution >= 0.6 is 0 Å². The molecular formula is C25H33FN8O4. The number of hydrogen-bond donors (Lipinski definition) is 3. The van der Waals surface area contributed by atoms with Crippen LogP contribution in [0, 0.1) is 11.3 Å². The number of fused-ring (bicyclic) bond motifs is 1. The van der Waals surface area contributed by atoms with E-state index < -0.39 is 12.1 Å². The minimum atomic E-state index is -1.32. The number of amides is 1. The van der Waals surface area contributed by atoms with Crippen LogP contribution < -0.4 is 21.8 Å². The Labute approximate surface area is 220 Å². The molecule has 0 aromatic carbocycles. The van der Waals surface area contributed by atoms with E-state index in [4.69, 9.17) is 25.7 Å². The number of pyridine rings is 2. The minimum Gasteiger partial charge on any atom is -0.382 e. The SMILES string of the molecule is N#Cc1cnc2c(c1)CN(CC(F)COCCOCCOCCN)N2c1cc(NC2CC2)c(C(N)=O)cn1. The molecule has 1 fully saturated rings. The Morgan fingerprint density at radius 2 is 1.89 bits per heavy atom. The molecule has 12 nitrogen and oxygen atoms in total. The molecule has 1 aliphatic heterocycles. The van der Waals surface area contributed by atoms with Crippen LogP contribution in [-0.4, -0.2) is 85.8 Å². The quantitative estimate of drug-likeness (QED) is 0.268. The fourth-order valence-electron chi connectivity index (χ4n) is 4.01. The molecule has 3 heterocycles. The maximum Gasteiger partial charge on any atom is 0.252 e. The maximum atomic E-state index is 15.0. The number of aromatic nitrogens is 2. The molecule has 1 saturated carbocycles. The van der Waals surface area contributed by atoms with Gasteiger partial charge in [-0.2, -0.15) is 5.26 Å². The Balaban J connectivity index is 1.41. The van der Waals surface area contributed by atoms with Gasteiger partial charge in [-0.1, -0.05) is 0 Å². The molecule has 5 N–H and O–H groups in total. The molecule has 204 valence electrons. The van der Waals surface area contributed by atoms with E-state index in [0.717, 1.165) is 18.4 Å². The van der Waals surface area contributed by atoms with Gasteiger partial charge >= 0.3 is 0 Å². The summed E-state index contributed by atoms with van der Waals surface area (Å²) in [6.07, 6.45) is 3.57. The van der Waals surface area contributed by atoms with Crippen molar-refractivity contribution >= 4 is 23.2 Å². The van der Waals surface area contributed by atoms with Gasteiger partial charge in [0.25, 0.3) is 5.91 Å². The lowest BCUT2D eigenvalue weighted by Gasteiger charge is -2.30. The highest BCUT2D eigenvalue weighted by molar-refractivity contribution is 5.98. The maximum absolute atomic E-state index is 15.0. The summed E-state index contributed by atoms with van der Waals surface area (Å²) < 4.78 is 31.1. The number of nitrogens with one attached hydrogen (secondary N) is 1. The molecule has 0 bridgehead atoms. The summed E-state index contributed by atoms with van der Waals surface area (Å²) in [5, 5.41) is 16.1. The topological polar surface area (TPSA) is 165 Å². The van der Waals surface area contributed by atoms with Gasteiger partial charge < -0.3 is 31.0 Å². The van der Waals surface area contributed by atoms with Crippen molar-refractivity contribution < 1.29 is 23.4 Å².